The molecule has 0 saturated heterocycles. The molecule has 6 heteroatoms. The van der Waals surface area contributed by atoms with Gasteiger partial charge in [-0.05, 0) is 37.0 Å². The Morgan fingerprint density at radius 1 is 1.33 bits per heavy atom. The fourth-order valence-electron chi connectivity index (χ4n) is 2.72. The molecule has 0 bridgehead atoms. The van der Waals surface area contributed by atoms with Crippen LogP contribution >= 0.6 is 11.6 Å². The van der Waals surface area contributed by atoms with Crippen LogP contribution < -0.4 is 10.6 Å². The second-order valence-corrected chi connectivity index (χ2v) is 6.82. The topological polar surface area (TPSA) is 56.7 Å². The van der Waals surface area contributed by atoms with Crippen molar-refractivity contribution in [2.24, 2.45) is 4.99 Å². The van der Waals surface area contributed by atoms with Crippen LogP contribution in [-0.4, -0.2) is 50.0 Å². The third-order valence-electron chi connectivity index (χ3n) is 4.16. The number of hydrogen-bond donors (Lipinski definition) is 2. The van der Waals surface area contributed by atoms with E-state index in [9.17, 15) is 4.79 Å². The van der Waals surface area contributed by atoms with Crippen LogP contribution in [0, 0.1) is 0 Å². The smallest absolute Gasteiger partial charge is 0.243 e. The van der Waals surface area contributed by atoms with E-state index in [1.807, 2.05) is 18.2 Å². The number of carbonyl (C=O) groups is 1. The average Bonchev–Trinajstić information content (AvgIpc) is 3.05. The fourth-order valence-corrected chi connectivity index (χ4v) is 2.93. The van der Waals surface area contributed by atoms with Crippen molar-refractivity contribution in [3.05, 3.63) is 34.9 Å². The van der Waals surface area contributed by atoms with E-state index in [0.29, 0.717) is 6.04 Å². The van der Waals surface area contributed by atoms with Gasteiger partial charge in [-0.1, -0.05) is 36.6 Å². The molecule has 1 aliphatic carbocycles. The van der Waals surface area contributed by atoms with Gasteiger partial charge >= 0.3 is 0 Å². The third kappa shape index (κ3) is 6.40. The van der Waals surface area contributed by atoms with E-state index < -0.39 is 0 Å². The van der Waals surface area contributed by atoms with Gasteiger partial charge in [0.05, 0.1) is 0 Å². The molecule has 5 nitrogen and oxygen atoms in total. The summed E-state index contributed by atoms with van der Waals surface area (Å²) in [7, 11) is 3.49. The Bertz CT molecular complexity index is 568. The zero-order chi connectivity index (χ0) is 17.4. The van der Waals surface area contributed by atoms with Crippen molar-refractivity contribution in [3.8, 4) is 0 Å². The Balaban J connectivity index is 1.88. The number of rotatable bonds is 6. The molecular formula is C18H27ClN4O. The summed E-state index contributed by atoms with van der Waals surface area (Å²) in [4.78, 5) is 17.8. The van der Waals surface area contributed by atoms with Crippen molar-refractivity contribution in [1.29, 1.82) is 0 Å². The van der Waals surface area contributed by atoms with Crippen molar-refractivity contribution >= 4 is 23.5 Å². The number of aliphatic imine (C=N–C) groups is 1. The van der Waals surface area contributed by atoms with Gasteiger partial charge in [0, 0.05) is 31.7 Å². The Morgan fingerprint density at radius 3 is 2.75 bits per heavy atom. The lowest BCUT2D eigenvalue weighted by atomic mass is 10.1. The van der Waals surface area contributed by atoms with Crippen LogP contribution in [0.25, 0.3) is 0 Å². The lowest BCUT2D eigenvalue weighted by molar-refractivity contribution is -0.127. The first-order chi connectivity index (χ1) is 11.5. The number of amides is 1. The normalized spacial score (nSPS) is 15.4. The van der Waals surface area contributed by atoms with Gasteiger partial charge in [-0.25, -0.2) is 4.99 Å². The van der Waals surface area contributed by atoms with Crippen LogP contribution in [0.5, 0.6) is 0 Å². The van der Waals surface area contributed by atoms with Crippen molar-refractivity contribution in [2.45, 2.75) is 38.1 Å². The SMILES string of the molecule is CN(C)C(=O)CN=C(NCCc1cccc(Cl)c1)NC1CCCC1. The van der Waals surface area contributed by atoms with E-state index in [2.05, 4.69) is 21.7 Å². The zero-order valence-corrected chi connectivity index (χ0v) is 15.3. The second-order valence-electron chi connectivity index (χ2n) is 6.39. The lowest BCUT2D eigenvalue weighted by Gasteiger charge is -2.18. The molecular weight excluding hydrogens is 324 g/mol. The molecule has 2 rings (SSSR count). The van der Waals surface area contributed by atoms with Gasteiger partial charge in [0.2, 0.25) is 5.91 Å². The van der Waals surface area contributed by atoms with Crippen LogP contribution in [-0.2, 0) is 11.2 Å². The molecule has 1 aliphatic rings. The van der Waals surface area contributed by atoms with Crippen LogP contribution in [0.2, 0.25) is 5.02 Å². The summed E-state index contributed by atoms with van der Waals surface area (Å²) in [5.41, 5.74) is 1.18. The summed E-state index contributed by atoms with van der Waals surface area (Å²) >= 11 is 6.02. The molecule has 1 aromatic carbocycles. The Labute approximate surface area is 149 Å². The summed E-state index contributed by atoms with van der Waals surface area (Å²) in [6.45, 7) is 0.904. The van der Waals surface area contributed by atoms with Gasteiger partial charge in [-0.15, -0.1) is 0 Å². The van der Waals surface area contributed by atoms with Gasteiger partial charge in [-0.2, -0.15) is 0 Å². The van der Waals surface area contributed by atoms with E-state index in [1.165, 1.54) is 18.4 Å². The number of hydrogen-bond acceptors (Lipinski definition) is 2. The quantitative estimate of drug-likeness (QED) is 0.612. The number of benzene rings is 1. The molecule has 0 spiro atoms. The largest absolute Gasteiger partial charge is 0.356 e. The maximum Gasteiger partial charge on any atom is 0.243 e. The molecule has 1 fully saturated rings. The van der Waals surface area contributed by atoms with Crippen molar-refractivity contribution in [2.75, 3.05) is 27.2 Å². The van der Waals surface area contributed by atoms with Gasteiger partial charge in [-0.3, -0.25) is 4.79 Å². The highest BCUT2D eigenvalue weighted by Gasteiger charge is 2.16. The molecule has 1 saturated carbocycles. The second kappa shape index (κ2) is 9.52. The molecule has 0 atom stereocenters. The molecule has 1 aromatic rings. The van der Waals surface area contributed by atoms with Gasteiger partial charge in [0.1, 0.15) is 6.54 Å². The zero-order valence-electron chi connectivity index (χ0n) is 14.5. The number of guanidine groups is 1. The Morgan fingerprint density at radius 2 is 2.08 bits per heavy atom. The number of nitrogens with one attached hydrogen (secondary N) is 2. The van der Waals surface area contributed by atoms with Gasteiger partial charge in [0.15, 0.2) is 5.96 Å². The average molecular weight is 351 g/mol. The number of nitrogens with zero attached hydrogens (tertiary/aromatic N) is 2. The van der Waals surface area contributed by atoms with Crippen LogP contribution in [0.4, 0.5) is 0 Å². The first-order valence-electron chi connectivity index (χ1n) is 8.54. The summed E-state index contributed by atoms with van der Waals surface area (Å²) in [5.74, 6) is 0.719. The molecule has 0 heterocycles. The first-order valence-corrected chi connectivity index (χ1v) is 8.92. The maximum atomic E-state index is 11.8. The summed E-state index contributed by atoms with van der Waals surface area (Å²) in [6.07, 6.45) is 5.69. The van der Waals surface area contributed by atoms with E-state index in [0.717, 1.165) is 36.8 Å². The van der Waals surface area contributed by atoms with Crippen molar-refractivity contribution < 1.29 is 4.79 Å². The molecule has 0 aromatic heterocycles. The minimum absolute atomic E-state index is 0.00244. The molecule has 0 unspecified atom stereocenters. The highest BCUT2D eigenvalue weighted by Crippen LogP contribution is 2.17. The van der Waals surface area contributed by atoms with Crippen molar-refractivity contribution in [1.82, 2.24) is 15.5 Å². The molecule has 0 aliphatic heterocycles. The van der Waals surface area contributed by atoms with E-state index in [1.54, 1.807) is 19.0 Å². The highest BCUT2D eigenvalue weighted by molar-refractivity contribution is 6.30. The van der Waals surface area contributed by atoms with Gasteiger partial charge < -0.3 is 15.5 Å². The van der Waals surface area contributed by atoms with Crippen LogP contribution in [0.15, 0.2) is 29.3 Å². The van der Waals surface area contributed by atoms with E-state index >= 15 is 0 Å². The minimum atomic E-state index is -0.00244. The summed E-state index contributed by atoms with van der Waals surface area (Å²) in [6, 6.07) is 8.32. The predicted octanol–water partition coefficient (Wildman–Crippen LogP) is 2.45. The fraction of sp³-hybridized carbons (Fsp3) is 0.556. The lowest BCUT2D eigenvalue weighted by Crippen LogP contribution is -2.43. The van der Waals surface area contributed by atoms with E-state index in [-0.39, 0.29) is 12.5 Å². The predicted molar refractivity (Wildman–Crippen MR) is 99.5 cm³/mol. The van der Waals surface area contributed by atoms with Crippen LogP contribution in [0.1, 0.15) is 31.2 Å². The number of likely N-dealkylation sites (N-methyl/N-ethyl adjacent to an activating group) is 1. The number of carbonyl (C=O) groups excluding carboxylic acids is 1. The van der Waals surface area contributed by atoms with Crippen molar-refractivity contribution in [3.63, 3.8) is 0 Å². The standard InChI is InChI=1S/C18H27ClN4O/c1-23(2)17(24)13-21-18(22-16-8-3-4-9-16)20-11-10-14-6-5-7-15(19)12-14/h5-7,12,16H,3-4,8-11,13H2,1-2H3,(H2,20,21,22). The van der Waals surface area contributed by atoms with E-state index in [4.69, 9.17) is 11.6 Å². The molecule has 0 radical (unpaired) electrons. The highest BCUT2D eigenvalue weighted by atomic mass is 35.5. The minimum Gasteiger partial charge on any atom is -0.356 e. The van der Waals surface area contributed by atoms with Crippen LogP contribution in [0.3, 0.4) is 0 Å². The molecule has 132 valence electrons. The third-order valence-corrected chi connectivity index (χ3v) is 4.40. The Hall–Kier alpha value is -1.75. The first kappa shape index (κ1) is 18.6. The summed E-state index contributed by atoms with van der Waals surface area (Å²) < 4.78 is 0. The maximum absolute atomic E-state index is 11.8. The summed E-state index contributed by atoms with van der Waals surface area (Å²) in [5, 5.41) is 7.54. The molecule has 2 N–H and O–H groups in total. The number of halogens is 1. The molecule has 1 amide bonds. The van der Waals surface area contributed by atoms with Gasteiger partial charge in [0.25, 0.3) is 0 Å². The molecule has 24 heavy (non-hydrogen) atoms. The Kier molecular flexibility index (Phi) is 7.37. The monoisotopic (exact) mass is 350 g/mol.